The SMILES string of the molecule is O=C1c2cn(C3=CCCN=C3)nc2CCN1CCSCCC(F)(F)F. The minimum atomic E-state index is -4.12. The maximum atomic E-state index is 12.6. The van der Waals surface area contributed by atoms with E-state index < -0.39 is 12.6 Å². The lowest BCUT2D eigenvalue weighted by molar-refractivity contribution is -0.129. The molecule has 0 spiro atoms. The molecule has 0 N–H and O–H groups in total. The van der Waals surface area contributed by atoms with E-state index in [1.165, 1.54) is 11.8 Å². The molecule has 9 heteroatoms. The van der Waals surface area contributed by atoms with Crippen molar-refractivity contribution in [3.8, 4) is 0 Å². The van der Waals surface area contributed by atoms with Gasteiger partial charge in [-0.05, 0) is 6.42 Å². The first-order valence-corrected chi connectivity index (χ1v) is 9.32. The number of carbonyl (C=O) groups excluding carboxylic acids is 1. The summed E-state index contributed by atoms with van der Waals surface area (Å²) in [6.07, 6.45) is 2.11. The average molecular weight is 372 g/mol. The Morgan fingerprint density at radius 2 is 2.12 bits per heavy atom. The van der Waals surface area contributed by atoms with Gasteiger partial charge in [0.15, 0.2) is 0 Å². The molecule has 1 aromatic rings. The Morgan fingerprint density at radius 3 is 2.84 bits per heavy atom. The third kappa shape index (κ3) is 4.65. The molecule has 0 aromatic carbocycles. The molecule has 0 saturated carbocycles. The van der Waals surface area contributed by atoms with Gasteiger partial charge in [-0.1, -0.05) is 6.08 Å². The first-order valence-electron chi connectivity index (χ1n) is 8.17. The predicted octanol–water partition coefficient (Wildman–Crippen LogP) is 2.88. The topological polar surface area (TPSA) is 50.5 Å². The monoisotopic (exact) mass is 372 g/mol. The van der Waals surface area contributed by atoms with Crippen LogP contribution in [-0.4, -0.2) is 64.1 Å². The molecule has 0 fully saturated rings. The van der Waals surface area contributed by atoms with Crippen LogP contribution in [0.5, 0.6) is 0 Å². The number of carbonyl (C=O) groups is 1. The Hall–Kier alpha value is -1.77. The van der Waals surface area contributed by atoms with Gasteiger partial charge in [-0.3, -0.25) is 9.79 Å². The van der Waals surface area contributed by atoms with Gasteiger partial charge < -0.3 is 4.90 Å². The van der Waals surface area contributed by atoms with Gasteiger partial charge in [0.25, 0.3) is 5.91 Å². The largest absolute Gasteiger partial charge is 0.389 e. The van der Waals surface area contributed by atoms with Gasteiger partial charge in [0.05, 0.1) is 23.4 Å². The van der Waals surface area contributed by atoms with Gasteiger partial charge in [-0.2, -0.15) is 30.0 Å². The molecule has 0 unspecified atom stereocenters. The smallest absolute Gasteiger partial charge is 0.337 e. The highest BCUT2D eigenvalue weighted by atomic mass is 32.2. The van der Waals surface area contributed by atoms with Crippen molar-refractivity contribution in [1.82, 2.24) is 14.7 Å². The van der Waals surface area contributed by atoms with Gasteiger partial charge in [-0.15, -0.1) is 0 Å². The van der Waals surface area contributed by atoms with E-state index in [1.54, 1.807) is 22.0 Å². The summed E-state index contributed by atoms with van der Waals surface area (Å²) in [5, 5.41) is 4.48. The van der Waals surface area contributed by atoms with E-state index in [4.69, 9.17) is 0 Å². The van der Waals surface area contributed by atoms with Gasteiger partial charge in [0.1, 0.15) is 0 Å². The molecule has 0 bridgehead atoms. The second kappa shape index (κ2) is 7.63. The standard InChI is InChI=1S/C16H19F3N4OS/c17-16(18,19)4-8-25-9-7-22-6-3-14-13(15(22)24)11-23(21-14)12-2-1-5-20-10-12/h2,10-11H,1,3-9H2. The summed E-state index contributed by atoms with van der Waals surface area (Å²) in [6, 6.07) is 0. The maximum Gasteiger partial charge on any atom is 0.389 e. The van der Waals surface area contributed by atoms with E-state index in [1.807, 2.05) is 6.08 Å². The molecule has 136 valence electrons. The van der Waals surface area contributed by atoms with Crippen LogP contribution in [-0.2, 0) is 6.42 Å². The summed E-state index contributed by atoms with van der Waals surface area (Å²) in [5.41, 5.74) is 2.21. The number of hydrogen-bond donors (Lipinski definition) is 0. The third-order valence-corrected chi connectivity index (χ3v) is 5.03. The number of thioether (sulfide) groups is 1. The second-order valence-corrected chi connectivity index (χ2v) is 7.13. The summed E-state index contributed by atoms with van der Waals surface area (Å²) >= 11 is 1.22. The molecule has 25 heavy (non-hydrogen) atoms. The number of halogens is 3. The fourth-order valence-electron chi connectivity index (χ4n) is 2.75. The van der Waals surface area contributed by atoms with Crippen molar-refractivity contribution >= 4 is 29.6 Å². The van der Waals surface area contributed by atoms with Crippen LogP contribution in [0.1, 0.15) is 28.9 Å². The van der Waals surface area contributed by atoms with E-state index in [0.717, 1.165) is 24.4 Å². The first-order chi connectivity index (χ1) is 11.9. The van der Waals surface area contributed by atoms with Crippen LogP contribution in [0.25, 0.3) is 5.70 Å². The van der Waals surface area contributed by atoms with Crippen LogP contribution in [0.2, 0.25) is 0 Å². The highest BCUT2D eigenvalue weighted by Crippen LogP contribution is 2.23. The zero-order valence-corrected chi connectivity index (χ0v) is 14.4. The van der Waals surface area contributed by atoms with E-state index >= 15 is 0 Å². The minimum Gasteiger partial charge on any atom is -0.337 e. The molecular formula is C16H19F3N4OS. The van der Waals surface area contributed by atoms with Crippen LogP contribution in [0.4, 0.5) is 13.2 Å². The van der Waals surface area contributed by atoms with Crippen molar-refractivity contribution in [1.29, 1.82) is 0 Å². The maximum absolute atomic E-state index is 12.6. The zero-order chi connectivity index (χ0) is 17.9. The van der Waals surface area contributed by atoms with Crippen LogP contribution in [0, 0.1) is 0 Å². The molecule has 3 heterocycles. The Bertz CT molecular complexity index is 696. The number of aliphatic imine (C=N–C) groups is 1. The number of alkyl halides is 3. The molecule has 3 rings (SSSR count). The summed E-state index contributed by atoms with van der Waals surface area (Å²) in [4.78, 5) is 18.5. The van der Waals surface area contributed by atoms with E-state index in [2.05, 4.69) is 10.1 Å². The lowest BCUT2D eigenvalue weighted by Crippen LogP contribution is -2.38. The van der Waals surface area contributed by atoms with E-state index in [9.17, 15) is 18.0 Å². The third-order valence-electron chi connectivity index (χ3n) is 4.06. The fourth-order valence-corrected chi connectivity index (χ4v) is 3.68. The molecule has 5 nitrogen and oxygen atoms in total. The summed E-state index contributed by atoms with van der Waals surface area (Å²) in [5.74, 6) is 0.433. The Kier molecular flexibility index (Phi) is 5.51. The number of rotatable bonds is 6. The van der Waals surface area contributed by atoms with Crippen LogP contribution in [0.15, 0.2) is 17.3 Å². The molecule has 0 atom stereocenters. The predicted molar refractivity (Wildman–Crippen MR) is 92.1 cm³/mol. The fraction of sp³-hybridized carbons (Fsp3) is 0.562. The quantitative estimate of drug-likeness (QED) is 0.722. The van der Waals surface area contributed by atoms with Crippen LogP contribution < -0.4 is 0 Å². The number of hydrogen-bond acceptors (Lipinski definition) is 4. The number of allylic oxidation sites excluding steroid dienone is 1. The molecule has 0 aliphatic carbocycles. The van der Waals surface area contributed by atoms with Crippen molar-refractivity contribution < 1.29 is 18.0 Å². The van der Waals surface area contributed by atoms with Crippen molar-refractivity contribution in [2.24, 2.45) is 4.99 Å². The van der Waals surface area contributed by atoms with Crippen LogP contribution >= 0.6 is 11.8 Å². The Morgan fingerprint density at radius 1 is 1.28 bits per heavy atom. The molecule has 2 aliphatic heterocycles. The lowest BCUT2D eigenvalue weighted by atomic mass is 10.1. The zero-order valence-electron chi connectivity index (χ0n) is 13.6. The summed E-state index contributed by atoms with van der Waals surface area (Å²) in [6.45, 7) is 1.77. The molecule has 0 radical (unpaired) electrons. The second-order valence-electron chi connectivity index (χ2n) is 5.91. The molecular weight excluding hydrogens is 353 g/mol. The van der Waals surface area contributed by atoms with Crippen molar-refractivity contribution in [2.75, 3.05) is 31.1 Å². The van der Waals surface area contributed by atoms with Crippen molar-refractivity contribution in [3.05, 3.63) is 23.5 Å². The number of nitrogens with zero attached hydrogens (tertiary/aromatic N) is 4. The van der Waals surface area contributed by atoms with Gasteiger partial charge >= 0.3 is 6.18 Å². The highest BCUT2D eigenvalue weighted by molar-refractivity contribution is 7.99. The number of amides is 1. The first kappa shape index (κ1) is 18.0. The van der Waals surface area contributed by atoms with Gasteiger partial charge in [0.2, 0.25) is 0 Å². The Labute approximate surface area is 148 Å². The lowest BCUT2D eigenvalue weighted by Gasteiger charge is -2.25. The van der Waals surface area contributed by atoms with Gasteiger partial charge in [-0.25, -0.2) is 4.68 Å². The number of dihydropyridines is 1. The molecule has 0 saturated heterocycles. The van der Waals surface area contributed by atoms with Crippen molar-refractivity contribution in [3.63, 3.8) is 0 Å². The molecule has 1 amide bonds. The number of aromatic nitrogens is 2. The normalized spacial score (nSPS) is 17.6. The van der Waals surface area contributed by atoms with E-state index in [-0.39, 0.29) is 11.7 Å². The Balaban J connectivity index is 1.55. The van der Waals surface area contributed by atoms with Crippen LogP contribution in [0.3, 0.4) is 0 Å². The average Bonchev–Trinajstić information content (AvgIpc) is 3.01. The van der Waals surface area contributed by atoms with Gasteiger partial charge in [0, 0.05) is 50.0 Å². The van der Waals surface area contributed by atoms with E-state index in [0.29, 0.717) is 30.8 Å². The summed E-state index contributed by atoms with van der Waals surface area (Å²) < 4.78 is 38.0. The summed E-state index contributed by atoms with van der Waals surface area (Å²) in [7, 11) is 0. The molecule has 1 aromatic heterocycles. The molecule has 2 aliphatic rings. The minimum absolute atomic E-state index is 0.0300. The highest BCUT2D eigenvalue weighted by Gasteiger charge is 2.28. The van der Waals surface area contributed by atoms with Crippen molar-refractivity contribution in [2.45, 2.75) is 25.4 Å². The number of fused-ring (bicyclic) bond motifs is 1.